The van der Waals surface area contributed by atoms with Crippen molar-refractivity contribution in [1.82, 2.24) is 0 Å². The Hall–Kier alpha value is -2.79. The highest BCUT2D eigenvalue weighted by atomic mass is 16.5. The zero-order chi connectivity index (χ0) is 22.2. The first kappa shape index (κ1) is 21.4. The monoisotopic (exact) mass is 422 g/mol. The lowest BCUT2D eigenvalue weighted by atomic mass is 9.92. The minimum atomic E-state index is -0.666. The van der Waals surface area contributed by atoms with Gasteiger partial charge in [-0.05, 0) is 44.9 Å². The van der Waals surface area contributed by atoms with Gasteiger partial charge in [-0.1, -0.05) is 36.4 Å². The number of ether oxygens (including phenoxy) is 3. The molecule has 1 saturated heterocycles. The molecule has 0 amide bonds. The van der Waals surface area contributed by atoms with Crippen LogP contribution in [0.3, 0.4) is 0 Å². The third kappa shape index (κ3) is 4.62. The minimum absolute atomic E-state index is 0.0536. The molecule has 2 aromatic carbocycles. The molecule has 31 heavy (non-hydrogen) atoms. The molecule has 0 radical (unpaired) electrons. The van der Waals surface area contributed by atoms with Crippen LogP contribution in [-0.2, 0) is 22.6 Å². The van der Waals surface area contributed by atoms with Gasteiger partial charge in [-0.2, -0.15) is 0 Å². The van der Waals surface area contributed by atoms with E-state index in [4.69, 9.17) is 14.2 Å². The number of carbonyl (C=O) groups excluding carboxylic acids is 1. The summed E-state index contributed by atoms with van der Waals surface area (Å²) in [5.41, 5.74) is 4.99. The number of carbonyl (C=O) groups is 1. The van der Waals surface area contributed by atoms with Crippen molar-refractivity contribution in [3.63, 3.8) is 0 Å². The predicted molar refractivity (Wildman–Crippen MR) is 119 cm³/mol. The van der Waals surface area contributed by atoms with Gasteiger partial charge >= 0.3 is 5.97 Å². The van der Waals surface area contributed by atoms with Crippen molar-refractivity contribution in [3.8, 4) is 11.5 Å². The van der Waals surface area contributed by atoms with E-state index in [0.29, 0.717) is 13.0 Å². The second-order valence-corrected chi connectivity index (χ2v) is 9.09. The van der Waals surface area contributed by atoms with E-state index in [2.05, 4.69) is 20.8 Å². The van der Waals surface area contributed by atoms with Gasteiger partial charge in [-0.3, -0.25) is 4.79 Å². The Balaban J connectivity index is 1.69. The number of hydrogen-bond donors (Lipinski definition) is 1. The van der Waals surface area contributed by atoms with E-state index in [1.165, 1.54) is 0 Å². The van der Waals surface area contributed by atoms with Crippen molar-refractivity contribution < 1.29 is 24.1 Å². The highest BCUT2D eigenvalue weighted by molar-refractivity contribution is 5.73. The molecule has 2 aliphatic heterocycles. The molecule has 2 aliphatic rings. The van der Waals surface area contributed by atoms with Crippen LogP contribution >= 0.6 is 0 Å². The van der Waals surface area contributed by atoms with E-state index in [1.54, 1.807) is 0 Å². The Morgan fingerprint density at radius 1 is 1.19 bits per heavy atom. The third-order valence-electron chi connectivity index (χ3n) is 5.93. The molecule has 5 heteroatoms. The Morgan fingerprint density at radius 2 is 1.94 bits per heavy atom. The molecule has 1 N–H and O–H groups in total. The Morgan fingerprint density at radius 3 is 2.65 bits per heavy atom. The highest BCUT2D eigenvalue weighted by Gasteiger charge is 2.35. The number of hydrogen-bond acceptors (Lipinski definition) is 5. The van der Waals surface area contributed by atoms with E-state index < -0.39 is 12.2 Å². The minimum Gasteiger partial charge on any atom is -0.488 e. The second-order valence-electron chi connectivity index (χ2n) is 9.09. The summed E-state index contributed by atoms with van der Waals surface area (Å²) in [6.45, 7) is 8.77. The average Bonchev–Trinajstić information content (AvgIpc) is 3.03. The highest BCUT2D eigenvalue weighted by Crippen LogP contribution is 2.46. The van der Waals surface area contributed by atoms with Crippen molar-refractivity contribution in [1.29, 1.82) is 0 Å². The molecule has 0 aliphatic carbocycles. The first-order valence-corrected chi connectivity index (χ1v) is 10.8. The third-order valence-corrected chi connectivity index (χ3v) is 5.93. The molecule has 0 unspecified atom stereocenters. The molecule has 0 aromatic heterocycles. The number of benzene rings is 2. The van der Waals surface area contributed by atoms with Crippen molar-refractivity contribution >= 4 is 12.0 Å². The summed E-state index contributed by atoms with van der Waals surface area (Å²) in [5.74, 6) is 1.36. The summed E-state index contributed by atoms with van der Waals surface area (Å²) < 4.78 is 18.0. The van der Waals surface area contributed by atoms with Crippen LogP contribution in [0, 0.1) is 13.8 Å². The number of esters is 1. The topological polar surface area (TPSA) is 65.0 Å². The molecule has 0 spiro atoms. The first-order chi connectivity index (χ1) is 14.7. The number of aliphatic hydroxyl groups excluding tert-OH is 1. The molecule has 164 valence electrons. The van der Waals surface area contributed by atoms with Gasteiger partial charge in [0.1, 0.15) is 29.8 Å². The van der Waals surface area contributed by atoms with E-state index in [9.17, 15) is 9.90 Å². The molecule has 2 aromatic rings. The van der Waals surface area contributed by atoms with Crippen LogP contribution in [0.2, 0.25) is 0 Å². The summed E-state index contributed by atoms with van der Waals surface area (Å²) in [5, 5.41) is 9.90. The zero-order valence-corrected chi connectivity index (χ0v) is 18.6. The van der Waals surface area contributed by atoms with Gasteiger partial charge in [-0.15, -0.1) is 0 Å². The summed E-state index contributed by atoms with van der Waals surface area (Å²) in [7, 11) is 0. The number of rotatable bonds is 5. The van der Waals surface area contributed by atoms with E-state index in [0.717, 1.165) is 45.7 Å². The SMILES string of the molecule is Cc1c(C=C[C@H]2C[C@H](O)CC(=O)O2)c2c(c(C)c1OCc1ccccc1)CC(C)(C)O2. The fourth-order valence-corrected chi connectivity index (χ4v) is 4.39. The molecule has 2 heterocycles. The molecule has 5 nitrogen and oxygen atoms in total. The summed E-state index contributed by atoms with van der Waals surface area (Å²) in [6, 6.07) is 10.1. The molecule has 4 rings (SSSR count). The van der Waals surface area contributed by atoms with E-state index >= 15 is 0 Å². The Kier molecular flexibility index (Phi) is 5.80. The predicted octanol–water partition coefficient (Wildman–Crippen LogP) is 4.68. The lowest BCUT2D eigenvalue weighted by Crippen LogP contribution is -2.31. The maximum absolute atomic E-state index is 11.7. The smallest absolute Gasteiger partial charge is 0.309 e. The normalized spacial score (nSPS) is 22.2. The summed E-state index contributed by atoms with van der Waals surface area (Å²) in [4.78, 5) is 11.7. The largest absolute Gasteiger partial charge is 0.488 e. The van der Waals surface area contributed by atoms with Crippen LogP contribution in [0.25, 0.3) is 6.08 Å². The van der Waals surface area contributed by atoms with Gasteiger partial charge < -0.3 is 19.3 Å². The molecule has 0 saturated carbocycles. The maximum atomic E-state index is 11.7. The zero-order valence-electron chi connectivity index (χ0n) is 18.6. The number of fused-ring (bicyclic) bond motifs is 1. The summed E-state index contributed by atoms with van der Waals surface area (Å²) in [6.07, 6.45) is 3.93. The van der Waals surface area contributed by atoms with Crippen molar-refractivity contribution in [2.45, 2.75) is 71.4 Å². The van der Waals surface area contributed by atoms with Crippen LogP contribution < -0.4 is 9.47 Å². The Bertz CT molecular complexity index is 1010. The molecular weight excluding hydrogens is 392 g/mol. The van der Waals surface area contributed by atoms with Gasteiger partial charge in [0.15, 0.2) is 0 Å². The van der Waals surface area contributed by atoms with Gasteiger partial charge in [0.2, 0.25) is 0 Å². The van der Waals surface area contributed by atoms with Crippen molar-refractivity contribution in [2.24, 2.45) is 0 Å². The maximum Gasteiger partial charge on any atom is 0.309 e. The van der Waals surface area contributed by atoms with Crippen LogP contribution in [0.4, 0.5) is 0 Å². The van der Waals surface area contributed by atoms with Gasteiger partial charge in [-0.25, -0.2) is 0 Å². The fraction of sp³-hybridized carbons (Fsp3) is 0.423. The molecule has 0 bridgehead atoms. The number of cyclic esters (lactones) is 1. The molecule has 1 fully saturated rings. The lowest BCUT2D eigenvalue weighted by Gasteiger charge is -2.24. The van der Waals surface area contributed by atoms with E-state index in [1.807, 2.05) is 49.4 Å². The lowest BCUT2D eigenvalue weighted by molar-refractivity contribution is -0.156. The van der Waals surface area contributed by atoms with Crippen LogP contribution in [-0.4, -0.2) is 28.9 Å². The van der Waals surface area contributed by atoms with Gasteiger partial charge in [0.05, 0.1) is 12.5 Å². The van der Waals surface area contributed by atoms with E-state index in [-0.39, 0.29) is 18.0 Å². The summed E-state index contributed by atoms with van der Waals surface area (Å²) >= 11 is 0. The average molecular weight is 423 g/mol. The van der Waals surface area contributed by atoms with Crippen molar-refractivity contribution in [3.05, 3.63) is 64.2 Å². The Labute approximate surface area is 183 Å². The van der Waals surface area contributed by atoms with Gasteiger partial charge in [0, 0.05) is 29.5 Å². The van der Waals surface area contributed by atoms with Gasteiger partial charge in [0.25, 0.3) is 0 Å². The molecular formula is C26H30O5. The standard InChI is InChI=1S/C26H30O5/c1-16-21(11-10-20-12-19(27)13-23(28)30-20)25-22(14-26(3,4)31-25)17(2)24(16)29-15-18-8-6-5-7-9-18/h5-11,19-20,27H,12-15H2,1-4H3/t19-,20-/m0/s1. The van der Waals surface area contributed by atoms with Crippen LogP contribution in [0.5, 0.6) is 11.5 Å². The second kappa shape index (κ2) is 8.39. The molecule has 2 atom stereocenters. The van der Waals surface area contributed by atoms with Crippen LogP contribution in [0.15, 0.2) is 36.4 Å². The quantitative estimate of drug-likeness (QED) is 0.709. The first-order valence-electron chi connectivity index (χ1n) is 10.8. The van der Waals surface area contributed by atoms with Crippen LogP contribution in [0.1, 0.15) is 54.5 Å². The number of aliphatic hydroxyl groups is 1. The van der Waals surface area contributed by atoms with Crippen molar-refractivity contribution in [2.75, 3.05) is 0 Å². The fourth-order valence-electron chi connectivity index (χ4n) is 4.39.